The van der Waals surface area contributed by atoms with Gasteiger partial charge in [0.25, 0.3) is 0 Å². The molecule has 9 heteroatoms. The zero-order valence-electron chi connectivity index (χ0n) is 19.0. The van der Waals surface area contributed by atoms with Crippen LogP contribution in [0.2, 0.25) is 5.02 Å². The standard InChI is InChI=1S/C25H31ClO8/c1-31-25(24(30)23(29)22(28)21(14-27)34-25)17-4-9-20(26)16(13-17)12-15-2-5-18(6-3-15)32-10-11-33-19-7-8-19/h2-6,9,13,19,21-24,27-30H,7-8,10-12,14H2,1H3/t21-,22?,23+,24-,25+/m1/s1. The third-order valence-electron chi connectivity index (χ3n) is 6.25. The van der Waals surface area contributed by atoms with Gasteiger partial charge in [-0.1, -0.05) is 29.8 Å². The van der Waals surface area contributed by atoms with E-state index in [1.165, 1.54) is 7.11 Å². The fraction of sp³-hybridized carbons (Fsp3) is 0.520. The molecule has 1 aliphatic carbocycles. The first-order valence-corrected chi connectivity index (χ1v) is 11.8. The lowest BCUT2D eigenvalue weighted by molar-refractivity contribution is -0.366. The Morgan fingerprint density at radius 1 is 1.03 bits per heavy atom. The Labute approximate surface area is 203 Å². The fourth-order valence-electron chi connectivity index (χ4n) is 4.13. The molecule has 2 aromatic carbocycles. The Kier molecular flexibility index (Phi) is 8.12. The summed E-state index contributed by atoms with van der Waals surface area (Å²) in [7, 11) is 1.32. The predicted octanol–water partition coefficient (Wildman–Crippen LogP) is 1.76. The van der Waals surface area contributed by atoms with Crippen molar-refractivity contribution in [1.82, 2.24) is 0 Å². The Bertz CT molecular complexity index is 948. The first-order valence-electron chi connectivity index (χ1n) is 11.4. The van der Waals surface area contributed by atoms with Crippen molar-refractivity contribution in [1.29, 1.82) is 0 Å². The van der Waals surface area contributed by atoms with Gasteiger partial charge in [0.05, 0.1) is 19.3 Å². The van der Waals surface area contributed by atoms with E-state index in [1.54, 1.807) is 18.2 Å². The van der Waals surface area contributed by atoms with E-state index in [0.717, 1.165) is 29.7 Å². The van der Waals surface area contributed by atoms with Crippen LogP contribution in [0.1, 0.15) is 29.5 Å². The molecule has 0 bridgehead atoms. The van der Waals surface area contributed by atoms with Gasteiger partial charge in [-0.2, -0.15) is 0 Å². The van der Waals surface area contributed by atoms with E-state index in [2.05, 4.69) is 0 Å². The van der Waals surface area contributed by atoms with E-state index in [4.69, 9.17) is 30.5 Å². The average Bonchev–Trinajstić information content (AvgIpc) is 3.68. The molecule has 1 saturated heterocycles. The van der Waals surface area contributed by atoms with Gasteiger partial charge in [-0.05, 0) is 54.7 Å². The van der Waals surface area contributed by atoms with Gasteiger partial charge >= 0.3 is 0 Å². The Balaban J connectivity index is 1.49. The van der Waals surface area contributed by atoms with Gasteiger partial charge in [0.2, 0.25) is 5.79 Å². The molecule has 2 aliphatic rings. The quantitative estimate of drug-likeness (QED) is 0.369. The molecule has 0 radical (unpaired) electrons. The van der Waals surface area contributed by atoms with Crippen LogP contribution in [-0.4, -0.2) is 77.9 Å². The van der Waals surface area contributed by atoms with Crippen LogP contribution < -0.4 is 4.74 Å². The monoisotopic (exact) mass is 494 g/mol. The van der Waals surface area contributed by atoms with E-state index in [-0.39, 0.29) is 0 Å². The van der Waals surface area contributed by atoms with Crippen molar-refractivity contribution < 1.29 is 39.4 Å². The zero-order chi connectivity index (χ0) is 24.3. The highest BCUT2D eigenvalue weighted by atomic mass is 35.5. The van der Waals surface area contributed by atoms with E-state index in [1.807, 2.05) is 24.3 Å². The summed E-state index contributed by atoms with van der Waals surface area (Å²) in [4.78, 5) is 0. The lowest BCUT2D eigenvalue weighted by Gasteiger charge is -2.47. The molecular weight excluding hydrogens is 464 g/mol. The maximum absolute atomic E-state index is 10.7. The number of halogens is 1. The van der Waals surface area contributed by atoms with E-state index < -0.39 is 36.8 Å². The van der Waals surface area contributed by atoms with Gasteiger partial charge in [0.1, 0.15) is 36.8 Å². The summed E-state index contributed by atoms with van der Waals surface area (Å²) in [6.07, 6.45) is -2.60. The summed E-state index contributed by atoms with van der Waals surface area (Å²) >= 11 is 6.45. The molecule has 2 aromatic rings. The minimum Gasteiger partial charge on any atom is -0.491 e. The minimum atomic E-state index is -1.79. The molecule has 186 valence electrons. The number of methoxy groups -OCH3 is 1. The number of hydrogen-bond acceptors (Lipinski definition) is 8. The highest BCUT2D eigenvalue weighted by Crippen LogP contribution is 2.40. The molecule has 34 heavy (non-hydrogen) atoms. The maximum Gasteiger partial charge on any atom is 0.224 e. The van der Waals surface area contributed by atoms with Gasteiger partial charge in [0, 0.05) is 17.7 Å². The molecule has 4 rings (SSSR count). The highest BCUT2D eigenvalue weighted by molar-refractivity contribution is 6.31. The number of aliphatic hydroxyl groups excluding tert-OH is 4. The Hall–Kier alpha value is -1.75. The van der Waals surface area contributed by atoms with Crippen LogP contribution in [0.15, 0.2) is 42.5 Å². The highest BCUT2D eigenvalue weighted by Gasteiger charge is 2.55. The van der Waals surface area contributed by atoms with Crippen molar-refractivity contribution in [2.24, 2.45) is 0 Å². The largest absolute Gasteiger partial charge is 0.491 e. The Morgan fingerprint density at radius 3 is 2.41 bits per heavy atom. The number of hydrogen-bond donors (Lipinski definition) is 4. The molecule has 1 saturated carbocycles. The lowest BCUT2D eigenvalue weighted by atomic mass is 9.87. The molecule has 1 unspecified atom stereocenters. The van der Waals surface area contributed by atoms with Crippen molar-refractivity contribution in [2.45, 2.75) is 55.6 Å². The van der Waals surface area contributed by atoms with Crippen molar-refractivity contribution >= 4 is 11.6 Å². The molecule has 1 heterocycles. The summed E-state index contributed by atoms with van der Waals surface area (Å²) in [6.45, 7) is 0.519. The van der Waals surface area contributed by atoms with Crippen LogP contribution in [-0.2, 0) is 26.4 Å². The zero-order valence-corrected chi connectivity index (χ0v) is 19.7. The molecule has 0 spiro atoms. The van der Waals surface area contributed by atoms with Crippen molar-refractivity contribution in [3.8, 4) is 5.75 Å². The normalized spacial score (nSPS) is 29.2. The molecule has 2 fully saturated rings. The fourth-order valence-corrected chi connectivity index (χ4v) is 4.31. The van der Waals surface area contributed by atoms with E-state index in [0.29, 0.717) is 36.3 Å². The van der Waals surface area contributed by atoms with Crippen molar-refractivity contribution in [3.63, 3.8) is 0 Å². The predicted molar refractivity (Wildman–Crippen MR) is 124 cm³/mol. The lowest BCUT2D eigenvalue weighted by Crippen LogP contribution is -2.64. The second-order valence-electron chi connectivity index (χ2n) is 8.68. The van der Waals surface area contributed by atoms with Gasteiger partial charge in [0.15, 0.2) is 0 Å². The molecule has 4 N–H and O–H groups in total. The topological polar surface area (TPSA) is 118 Å². The molecular formula is C25H31ClO8. The summed E-state index contributed by atoms with van der Waals surface area (Å²) in [5, 5.41) is 41.3. The molecule has 5 atom stereocenters. The summed E-state index contributed by atoms with van der Waals surface area (Å²) in [5.74, 6) is -1.03. The number of ether oxygens (including phenoxy) is 4. The first-order chi connectivity index (χ1) is 16.4. The van der Waals surface area contributed by atoms with Crippen LogP contribution in [0.25, 0.3) is 0 Å². The summed E-state index contributed by atoms with van der Waals surface area (Å²) < 4.78 is 22.6. The first kappa shape index (κ1) is 25.3. The molecule has 0 aromatic heterocycles. The van der Waals surface area contributed by atoms with Crippen LogP contribution in [0.3, 0.4) is 0 Å². The van der Waals surface area contributed by atoms with E-state index in [9.17, 15) is 20.4 Å². The third kappa shape index (κ3) is 5.40. The van der Waals surface area contributed by atoms with Crippen LogP contribution in [0.4, 0.5) is 0 Å². The number of rotatable bonds is 10. The SMILES string of the molecule is CO[C@@]1(c2ccc(Cl)c(Cc3ccc(OCCOC4CC4)cc3)c2)O[C@H](CO)C(O)[C@H](O)[C@H]1O. The summed E-state index contributed by atoms with van der Waals surface area (Å²) in [5.41, 5.74) is 2.14. The molecule has 1 aliphatic heterocycles. The van der Waals surface area contributed by atoms with Gasteiger partial charge in [-0.3, -0.25) is 0 Å². The van der Waals surface area contributed by atoms with Gasteiger partial charge in [-0.25, -0.2) is 0 Å². The number of benzene rings is 2. The van der Waals surface area contributed by atoms with Gasteiger partial charge < -0.3 is 39.4 Å². The van der Waals surface area contributed by atoms with Crippen LogP contribution in [0.5, 0.6) is 5.75 Å². The number of aliphatic hydroxyl groups is 4. The van der Waals surface area contributed by atoms with Crippen molar-refractivity contribution in [2.75, 3.05) is 26.9 Å². The Morgan fingerprint density at radius 2 is 1.76 bits per heavy atom. The smallest absolute Gasteiger partial charge is 0.224 e. The maximum atomic E-state index is 10.7. The van der Waals surface area contributed by atoms with E-state index >= 15 is 0 Å². The average molecular weight is 495 g/mol. The molecule has 8 nitrogen and oxygen atoms in total. The van der Waals surface area contributed by atoms with Gasteiger partial charge in [-0.15, -0.1) is 0 Å². The molecule has 0 amide bonds. The third-order valence-corrected chi connectivity index (χ3v) is 6.62. The summed E-state index contributed by atoms with van der Waals surface area (Å²) in [6, 6.07) is 12.7. The minimum absolute atomic E-state index is 0.405. The van der Waals surface area contributed by atoms with Crippen LogP contribution in [0, 0.1) is 0 Å². The second kappa shape index (κ2) is 10.9. The van der Waals surface area contributed by atoms with Crippen LogP contribution >= 0.6 is 11.6 Å². The second-order valence-corrected chi connectivity index (χ2v) is 9.09. The van der Waals surface area contributed by atoms with Crippen molar-refractivity contribution in [3.05, 3.63) is 64.2 Å².